The quantitative estimate of drug-likeness (QED) is 0.0262. The zero-order valence-corrected chi connectivity index (χ0v) is 42.6. The Morgan fingerprint density at radius 2 is 0.578 bits per heavy atom. The summed E-state index contributed by atoms with van der Waals surface area (Å²) in [6, 6.07) is 0. The summed E-state index contributed by atoms with van der Waals surface area (Å²) in [7, 11) is 0. The maximum Gasteiger partial charge on any atom is 0.306 e. The van der Waals surface area contributed by atoms with Crippen molar-refractivity contribution in [3.8, 4) is 0 Å². The highest BCUT2D eigenvalue weighted by Crippen LogP contribution is 2.16. The Hall–Kier alpha value is -2.63. The van der Waals surface area contributed by atoms with Crippen LogP contribution in [0.2, 0.25) is 0 Å². The van der Waals surface area contributed by atoms with Crippen LogP contribution in [0.3, 0.4) is 0 Å². The van der Waals surface area contributed by atoms with E-state index in [0.717, 1.165) is 89.9 Å². The van der Waals surface area contributed by atoms with Crippen LogP contribution in [-0.2, 0) is 28.6 Å². The van der Waals surface area contributed by atoms with Gasteiger partial charge in [-0.3, -0.25) is 14.4 Å². The summed E-state index contributed by atoms with van der Waals surface area (Å²) in [6.07, 6.45) is 63.8. The van der Waals surface area contributed by atoms with Crippen LogP contribution in [0.4, 0.5) is 0 Å². The summed E-state index contributed by atoms with van der Waals surface area (Å²) < 4.78 is 16.8. The van der Waals surface area contributed by atoms with Crippen molar-refractivity contribution in [1.82, 2.24) is 0 Å². The lowest BCUT2D eigenvalue weighted by molar-refractivity contribution is -0.167. The number of rotatable bonds is 50. The lowest BCUT2D eigenvalue weighted by Crippen LogP contribution is -2.30. The molecule has 0 aromatic carbocycles. The summed E-state index contributed by atoms with van der Waals surface area (Å²) in [5.74, 6) is -0.885. The molecule has 0 bridgehead atoms. The number of hydrogen-bond acceptors (Lipinski definition) is 6. The van der Waals surface area contributed by atoms with E-state index in [9.17, 15) is 14.4 Å². The fraction of sp³-hybridized carbons (Fsp3) is 0.810. The van der Waals surface area contributed by atoms with Crippen molar-refractivity contribution in [3.05, 3.63) is 48.6 Å². The molecule has 0 aliphatic carbocycles. The molecule has 6 heteroatoms. The average molecular weight is 897 g/mol. The molecule has 64 heavy (non-hydrogen) atoms. The van der Waals surface area contributed by atoms with Crippen LogP contribution in [0.1, 0.15) is 284 Å². The van der Waals surface area contributed by atoms with Crippen LogP contribution < -0.4 is 0 Å². The molecule has 6 nitrogen and oxygen atoms in total. The second-order valence-electron chi connectivity index (χ2n) is 18.5. The Bertz CT molecular complexity index is 1120. The smallest absolute Gasteiger partial charge is 0.306 e. The predicted octanol–water partition coefficient (Wildman–Crippen LogP) is 18.3. The number of unbranched alkanes of at least 4 members (excludes halogenated alkanes) is 31. The minimum atomic E-state index is -0.779. The molecular weight excluding hydrogens is 793 g/mol. The highest BCUT2D eigenvalue weighted by Gasteiger charge is 2.19. The number of carbonyl (C=O) groups is 3. The number of hydrogen-bond donors (Lipinski definition) is 0. The van der Waals surface area contributed by atoms with Gasteiger partial charge in [0.15, 0.2) is 6.10 Å². The van der Waals surface area contributed by atoms with Crippen molar-refractivity contribution in [1.29, 1.82) is 0 Å². The van der Waals surface area contributed by atoms with E-state index in [0.29, 0.717) is 19.3 Å². The minimum Gasteiger partial charge on any atom is -0.462 e. The van der Waals surface area contributed by atoms with Crippen molar-refractivity contribution < 1.29 is 28.6 Å². The minimum absolute atomic E-state index is 0.0775. The summed E-state index contributed by atoms with van der Waals surface area (Å²) in [4.78, 5) is 38.1. The molecule has 0 amide bonds. The molecule has 0 aliphatic rings. The molecule has 0 aromatic heterocycles. The Kier molecular flexibility index (Phi) is 50.8. The number of esters is 3. The Balaban J connectivity index is 4.35. The molecule has 0 aliphatic heterocycles. The molecule has 0 N–H and O–H groups in total. The maximum atomic E-state index is 12.8. The fourth-order valence-corrected chi connectivity index (χ4v) is 7.84. The van der Waals surface area contributed by atoms with Gasteiger partial charge in [0.1, 0.15) is 13.2 Å². The van der Waals surface area contributed by atoms with E-state index in [1.54, 1.807) is 0 Å². The lowest BCUT2D eigenvalue weighted by Gasteiger charge is -2.18. The first-order valence-electron chi connectivity index (χ1n) is 27.6. The van der Waals surface area contributed by atoms with E-state index in [4.69, 9.17) is 14.2 Å². The van der Waals surface area contributed by atoms with Gasteiger partial charge in [-0.05, 0) is 77.0 Å². The second-order valence-corrected chi connectivity index (χ2v) is 18.5. The molecule has 0 unspecified atom stereocenters. The molecule has 0 radical (unpaired) electrons. The van der Waals surface area contributed by atoms with Crippen LogP contribution in [0, 0.1) is 0 Å². The largest absolute Gasteiger partial charge is 0.462 e. The van der Waals surface area contributed by atoms with Crippen LogP contribution in [0.5, 0.6) is 0 Å². The van der Waals surface area contributed by atoms with Crippen LogP contribution in [0.25, 0.3) is 0 Å². The summed E-state index contributed by atoms with van der Waals surface area (Å²) in [5.41, 5.74) is 0. The molecule has 0 spiro atoms. The molecule has 0 saturated heterocycles. The third kappa shape index (κ3) is 50.4. The molecule has 0 saturated carbocycles. The van der Waals surface area contributed by atoms with Crippen LogP contribution in [-0.4, -0.2) is 37.2 Å². The van der Waals surface area contributed by atoms with Crippen LogP contribution >= 0.6 is 0 Å². The molecular formula is C58H104O6. The van der Waals surface area contributed by atoms with Crippen LogP contribution in [0.15, 0.2) is 48.6 Å². The van der Waals surface area contributed by atoms with Gasteiger partial charge in [-0.2, -0.15) is 0 Å². The standard InChI is InChI=1S/C58H104O6/c1-4-7-10-13-16-19-22-25-27-28-29-30-31-34-36-39-42-45-48-51-57(60)63-54-55(53-62-56(59)50-47-44-41-38-35-32-24-21-18-15-12-9-6-3)64-58(61)52-49-46-43-40-37-33-26-23-20-17-14-11-8-5-2/h14,16-17,19,23,25-27,55H,4-13,15,18,20-22,24,28-54H2,1-3H3/b17-14-,19-16-,26-23-,27-25-/t55-/m1/s1. The second kappa shape index (κ2) is 53.0. The topological polar surface area (TPSA) is 78.9 Å². The van der Waals surface area contributed by atoms with E-state index in [1.807, 2.05) is 0 Å². The summed E-state index contributed by atoms with van der Waals surface area (Å²) >= 11 is 0. The van der Waals surface area contributed by atoms with E-state index in [2.05, 4.69) is 69.4 Å². The van der Waals surface area contributed by atoms with Crippen molar-refractivity contribution in [2.45, 2.75) is 290 Å². The van der Waals surface area contributed by atoms with Gasteiger partial charge in [0.2, 0.25) is 0 Å². The zero-order valence-electron chi connectivity index (χ0n) is 42.6. The highest BCUT2D eigenvalue weighted by molar-refractivity contribution is 5.71. The maximum absolute atomic E-state index is 12.8. The fourth-order valence-electron chi connectivity index (χ4n) is 7.84. The van der Waals surface area contributed by atoms with Crippen molar-refractivity contribution >= 4 is 17.9 Å². The van der Waals surface area contributed by atoms with Gasteiger partial charge in [0.25, 0.3) is 0 Å². The monoisotopic (exact) mass is 897 g/mol. The van der Waals surface area contributed by atoms with Crippen molar-refractivity contribution in [2.24, 2.45) is 0 Å². The average Bonchev–Trinajstić information content (AvgIpc) is 3.29. The normalized spacial score (nSPS) is 12.4. The third-order valence-electron chi connectivity index (χ3n) is 12.1. The predicted molar refractivity (Wildman–Crippen MR) is 275 cm³/mol. The van der Waals surface area contributed by atoms with E-state index < -0.39 is 6.10 Å². The number of allylic oxidation sites excluding steroid dienone is 8. The van der Waals surface area contributed by atoms with Crippen molar-refractivity contribution in [2.75, 3.05) is 13.2 Å². The third-order valence-corrected chi connectivity index (χ3v) is 12.1. The lowest BCUT2D eigenvalue weighted by atomic mass is 10.0. The van der Waals surface area contributed by atoms with Gasteiger partial charge in [-0.25, -0.2) is 0 Å². The van der Waals surface area contributed by atoms with E-state index in [1.165, 1.54) is 154 Å². The molecule has 372 valence electrons. The molecule has 0 rings (SSSR count). The van der Waals surface area contributed by atoms with E-state index >= 15 is 0 Å². The van der Waals surface area contributed by atoms with Crippen molar-refractivity contribution in [3.63, 3.8) is 0 Å². The number of ether oxygens (including phenoxy) is 3. The first kappa shape index (κ1) is 61.4. The Morgan fingerprint density at radius 3 is 0.938 bits per heavy atom. The molecule has 0 aromatic rings. The first-order chi connectivity index (χ1) is 31.5. The Labute approximate surface area is 397 Å². The molecule has 1 atom stereocenters. The van der Waals surface area contributed by atoms with E-state index in [-0.39, 0.29) is 31.1 Å². The highest BCUT2D eigenvalue weighted by atomic mass is 16.6. The zero-order chi connectivity index (χ0) is 46.5. The van der Waals surface area contributed by atoms with Gasteiger partial charge in [-0.1, -0.05) is 236 Å². The first-order valence-corrected chi connectivity index (χ1v) is 27.6. The molecule has 0 heterocycles. The SMILES string of the molecule is CCCC/C=C\C/C=C\CCCCCCCC(=O)O[C@@H](COC(=O)CCCCCCCCCCC/C=C\C/C=C\CCCCC)COC(=O)CCCCCCCCCCCCCCC. The number of carbonyl (C=O) groups excluding carboxylic acids is 3. The van der Waals surface area contributed by atoms with Gasteiger partial charge in [0, 0.05) is 19.3 Å². The summed E-state index contributed by atoms with van der Waals surface area (Å²) in [5, 5.41) is 0. The van der Waals surface area contributed by atoms with Gasteiger partial charge in [-0.15, -0.1) is 0 Å². The molecule has 0 fully saturated rings. The van der Waals surface area contributed by atoms with Gasteiger partial charge >= 0.3 is 17.9 Å². The van der Waals surface area contributed by atoms with Gasteiger partial charge in [0.05, 0.1) is 0 Å². The Morgan fingerprint density at radius 1 is 0.312 bits per heavy atom. The summed E-state index contributed by atoms with van der Waals surface area (Å²) in [6.45, 7) is 6.58. The van der Waals surface area contributed by atoms with Gasteiger partial charge < -0.3 is 14.2 Å².